The highest BCUT2D eigenvalue weighted by atomic mass is 16.6. The Morgan fingerprint density at radius 3 is 2.25 bits per heavy atom. The third kappa shape index (κ3) is 6.29. The van der Waals surface area contributed by atoms with Crippen molar-refractivity contribution in [3.63, 3.8) is 0 Å². The topological polar surface area (TPSA) is 146 Å². The predicted molar refractivity (Wildman–Crippen MR) is 114 cm³/mol. The molecule has 0 aliphatic carbocycles. The Morgan fingerprint density at radius 2 is 1.69 bits per heavy atom. The Balaban J connectivity index is 2.14. The summed E-state index contributed by atoms with van der Waals surface area (Å²) < 4.78 is 13.9. The maximum absolute atomic E-state index is 12.0. The molecule has 11 heteroatoms. The number of nitrogens with one attached hydrogen (secondary N) is 2. The summed E-state index contributed by atoms with van der Waals surface area (Å²) in [4.78, 5) is 45.6. The molecule has 2 N–H and O–H groups in total. The molecular weight excluding hydrogens is 422 g/mol. The van der Waals surface area contributed by atoms with Crippen LogP contribution in [-0.2, 0) is 30.3 Å². The average molecular weight is 443 g/mol. The smallest absolute Gasteiger partial charge is 0.354 e. The Kier molecular flexibility index (Phi) is 8.29. The molecular formula is C21H21N3O8. The highest BCUT2D eigenvalue weighted by Gasteiger charge is 2.17. The first kappa shape index (κ1) is 23.9. The maximum Gasteiger partial charge on any atom is 0.354 e. The molecule has 0 saturated heterocycles. The van der Waals surface area contributed by atoms with E-state index < -0.39 is 22.8 Å². The van der Waals surface area contributed by atoms with Gasteiger partial charge in [0.2, 0.25) is 0 Å². The third-order valence-corrected chi connectivity index (χ3v) is 4.20. The van der Waals surface area contributed by atoms with Gasteiger partial charge in [-0.3, -0.25) is 10.1 Å². The van der Waals surface area contributed by atoms with Gasteiger partial charge in [-0.25, -0.2) is 14.4 Å². The lowest BCUT2D eigenvalue weighted by molar-refractivity contribution is -0.384. The van der Waals surface area contributed by atoms with Crippen LogP contribution in [0.25, 0.3) is 0 Å². The number of methoxy groups -OCH3 is 3. The van der Waals surface area contributed by atoms with Gasteiger partial charge >= 0.3 is 17.9 Å². The standard InChI is InChI=1S/C21H21N3O8/c1-30-19(25)11-18(21(27)32-3)23-14-6-4-13(5-7-14)12-22-17-9-8-15(24(28)29)10-16(17)20(26)31-2/h4-11,22-23H,12H2,1-3H3/b18-11+. The van der Waals surface area contributed by atoms with Crippen LogP contribution in [0, 0.1) is 10.1 Å². The summed E-state index contributed by atoms with van der Waals surface area (Å²) in [6, 6.07) is 10.7. The fourth-order valence-electron chi connectivity index (χ4n) is 2.57. The monoisotopic (exact) mass is 443 g/mol. The van der Waals surface area contributed by atoms with E-state index in [0.29, 0.717) is 17.9 Å². The molecule has 0 saturated carbocycles. The Bertz CT molecular complexity index is 1050. The van der Waals surface area contributed by atoms with Gasteiger partial charge < -0.3 is 24.8 Å². The van der Waals surface area contributed by atoms with Gasteiger partial charge in [0.25, 0.3) is 5.69 Å². The van der Waals surface area contributed by atoms with E-state index in [1.165, 1.54) is 33.5 Å². The first-order valence-corrected chi connectivity index (χ1v) is 9.13. The van der Waals surface area contributed by atoms with E-state index in [2.05, 4.69) is 20.1 Å². The van der Waals surface area contributed by atoms with E-state index in [9.17, 15) is 24.5 Å². The van der Waals surface area contributed by atoms with Crippen LogP contribution in [-0.4, -0.2) is 44.2 Å². The van der Waals surface area contributed by atoms with Crippen molar-refractivity contribution in [2.24, 2.45) is 0 Å². The van der Waals surface area contributed by atoms with Gasteiger partial charge in [-0.2, -0.15) is 0 Å². The molecule has 0 aliphatic rings. The molecule has 32 heavy (non-hydrogen) atoms. The van der Waals surface area contributed by atoms with Crippen molar-refractivity contribution in [1.29, 1.82) is 0 Å². The Hall–Kier alpha value is -4.41. The van der Waals surface area contributed by atoms with Crippen LogP contribution in [0.15, 0.2) is 54.2 Å². The lowest BCUT2D eigenvalue weighted by Crippen LogP contribution is -2.15. The van der Waals surface area contributed by atoms with Crippen LogP contribution in [0.1, 0.15) is 15.9 Å². The number of benzene rings is 2. The van der Waals surface area contributed by atoms with Gasteiger partial charge in [0.05, 0.1) is 37.9 Å². The van der Waals surface area contributed by atoms with Crippen molar-refractivity contribution >= 4 is 35.0 Å². The number of esters is 3. The molecule has 0 atom stereocenters. The average Bonchev–Trinajstić information content (AvgIpc) is 2.81. The zero-order chi connectivity index (χ0) is 23.7. The molecule has 0 aromatic heterocycles. The fraction of sp³-hybridized carbons (Fsp3) is 0.190. The second-order valence-electron chi connectivity index (χ2n) is 6.23. The van der Waals surface area contributed by atoms with E-state index in [-0.39, 0.29) is 16.9 Å². The number of nitro benzene ring substituents is 1. The number of hydrogen-bond acceptors (Lipinski definition) is 10. The predicted octanol–water partition coefficient (Wildman–Crippen LogP) is 2.64. The largest absolute Gasteiger partial charge is 0.466 e. The second kappa shape index (κ2) is 11.1. The highest BCUT2D eigenvalue weighted by Crippen LogP contribution is 2.24. The summed E-state index contributed by atoms with van der Waals surface area (Å²) in [7, 11) is 3.56. The SMILES string of the molecule is COC(=O)/C=C(/Nc1ccc(CNc2ccc([N+](=O)[O-])cc2C(=O)OC)cc1)C(=O)OC. The summed E-state index contributed by atoms with van der Waals surface area (Å²) in [6.45, 7) is 0.296. The summed E-state index contributed by atoms with van der Waals surface area (Å²) in [5.74, 6) is -2.17. The van der Waals surface area contributed by atoms with E-state index in [4.69, 9.17) is 4.74 Å². The molecule has 168 valence electrons. The number of non-ortho nitro benzene ring substituents is 1. The van der Waals surface area contributed by atoms with Crippen LogP contribution in [0.4, 0.5) is 17.1 Å². The van der Waals surface area contributed by atoms with E-state index in [1.54, 1.807) is 24.3 Å². The Morgan fingerprint density at radius 1 is 1.00 bits per heavy atom. The number of nitrogens with zero attached hydrogens (tertiary/aromatic N) is 1. The Labute approximate surface area is 183 Å². The molecule has 2 rings (SSSR count). The number of anilines is 2. The maximum atomic E-state index is 12.0. The first-order valence-electron chi connectivity index (χ1n) is 9.13. The minimum Gasteiger partial charge on any atom is -0.466 e. The number of nitro groups is 1. The number of hydrogen-bond donors (Lipinski definition) is 2. The number of carbonyl (C=O) groups excluding carboxylic acids is 3. The van der Waals surface area contributed by atoms with Gasteiger partial charge in [0, 0.05) is 30.1 Å². The normalized spacial score (nSPS) is 10.7. The van der Waals surface area contributed by atoms with Crippen molar-refractivity contribution in [2.45, 2.75) is 6.54 Å². The zero-order valence-corrected chi connectivity index (χ0v) is 17.5. The molecule has 0 unspecified atom stereocenters. The molecule has 0 aliphatic heterocycles. The summed E-state index contributed by atoms with van der Waals surface area (Å²) >= 11 is 0. The molecule has 11 nitrogen and oxygen atoms in total. The number of rotatable bonds is 9. The van der Waals surface area contributed by atoms with Gasteiger partial charge in [0.1, 0.15) is 5.70 Å². The summed E-state index contributed by atoms with van der Waals surface area (Å²) in [6.07, 6.45) is 0.976. The quantitative estimate of drug-likeness (QED) is 0.195. The van der Waals surface area contributed by atoms with Crippen LogP contribution >= 0.6 is 0 Å². The van der Waals surface area contributed by atoms with Gasteiger partial charge in [-0.05, 0) is 23.8 Å². The molecule has 0 amide bonds. The molecule has 2 aromatic rings. The number of ether oxygens (including phenoxy) is 3. The van der Waals surface area contributed by atoms with Gasteiger partial charge in [-0.1, -0.05) is 12.1 Å². The summed E-state index contributed by atoms with van der Waals surface area (Å²) in [5, 5.41) is 16.8. The van der Waals surface area contributed by atoms with Crippen molar-refractivity contribution < 1.29 is 33.5 Å². The van der Waals surface area contributed by atoms with Gasteiger partial charge in [-0.15, -0.1) is 0 Å². The van der Waals surface area contributed by atoms with E-state index >= 15 is 0 Å². The van der Waals surface area contributed by atoms with Crippen LogP contribution in [0.5, 0.6) is 0 Å². The molecule has 0 bridgehead atoms. The lowest BCUT2D eigenvalue weighted by Gasteiger charge is -2.12. The van der Waals surface area contributed by atoms with Gasteiger partial charge in [0.15, 0.2) is 0 Å². The molecule has 0 fully saturated rings. The van der Waals surface area contributed by atoms with E-state index in [1.807, 2.05) is 0 Å². The molecule has 0 radical (unpaired) electrons. The van der Waals surface area contributed by atoms with E-state index in [0.717, 1.165) is 17.7 Å². The van der Waals surface area contributed by atoms with Crippen molar-refractivity contribution in [3.8, 4) is 0 Å². The van der Waals surface area contributed by atoms with Crippen molar-refractivity contribution in [1.82, 2.24) is 0 Å². The summed E-state index contributed by atoms with van der Waals surface area (Å²) in [5.41, 5.74) is 1.40. The molecule has 2 aromatic carbocycles. The third-order valence-electron chi connectivity index (χ3n) is 4.20. The minimum atomic E-state index is -0.741. The highest BCUT2D eigenvalue weighted by molar-refractivity contribution is 5.98. The lowest BCUT2D eigenvalue weighted by atomic mass is 10.1. The minimum absolute atomic E-state index is 0.0376. The van der Waals surface area contributed by atoms with Crippen LogP contribution in [0.2, 0.25) is 0 Å². The zero-order valence-electron chi connectivity index (χ0n) is 17.5. The second-order valence-corrected chi connectivity index (χ2v) is 6.23. The molecule has 0 spiro atoms. The fourth-order valence-corrected chi connectivity index (χ4v) is 2.57. The van der Waals surface area contributed by atoms with Crippen LogP contribution in [0.3, 0.4) is 0 Å². The first-order chi connectivity index (χ1) is 15.3. The van der Waals surface area contributed by atoms with Crippen LogP contribution < -0.4 is 10.6 Å². The molecule has 0 heterocycles. The number of carbonyl (C=O) groups is 3. The van der Waals surface area contributed by atoms with Crippen molar-refractivity contribution in [3.05, 3.63) is 75.5 Å². The van der Waals surface area contributed by atoms with Crippen molar-refractivity contribution in [2.75, 3.05) is 32.0 Å².